The first-order chi connectivity index (χ1) is 20.4. The molecule has 6 atom stereocenters. The van der Waals surface area contributed by atoms with Crippen LogP contribution in [0.5, 0.6) is 0 Å². The quantitative estimate of drug-likeness (QED) is 0.163. The minimum absolute atomic E-state index is 0.0720. The molecule has 2 fully saturated rings. The Kier molecular flexibility index (Phi) is 13.3. The molecular weight excluding hydrogens is 573 g/mol. The van der Waals surface area contributed by atoms with Crippen LogP contribution in [0.2, 0.25) is 34.8 Å². The van der Waals surface area contributed by atoms with Crippen LogP contribution in [-0.2, 0) is 29.7 Å². The predicted octanol–water partition coefficient (Wildman–Crippen LogP) is 8.43. The number of aliphatic hydroxyl groups excluding tert-OH is 1. The van der Waals surface area contributed by atoms with Crippen molar-refractivity contribution in [1.29, 1.82) is 0 Å². The van der Waals surface area contributed by atoms with Gasteiger partial charge >= 0.3 is 0 Å². The van der Waals surface area contributed by atoms with Gasteiger partial charge in [-0.15, -0.1) is 0 Å². The number of ether oxygens (including phenoxy) is 2. The van der Waals surface area contributed by atoms with Gasteiger partial charge in [-0.1, -0.05) is 106 Å². The van der Waals surface area contributed by atoms with Crippen molar-refractivity contribution < 1.29 is 28.2 Å². The predicted molar refractivity (Wildman–Crippen MR) is 180 cm³/mol. The minimum Gasteiger partial charge on any atom is -0.410 e. The molecule has 0 aromatic heterocycles. The first-order valence-electron chi connectivity index (χ1n) is 17.3. The Bertz CT molecular complexity index is 967. The standard InChI is InChI=1S/C35H62O6Si2/c1-11-22-35-33(37)30(29(39-35)21-18-23-36)31(40-42(12-2,13-3)14-4)32(38-24-28-19-16-15-17-20-28)34(35)41-43(25(5)6,26(7)8)27(9)10/h15-17,19-20,25-27,29-32,34,36H,11-14,18,21-24H2,1-10H3/t29-,30+,31-,32+,34-,35+/m1/s1. The molecule has 1 saturated carbocycles. The average molecular weight is 635 g/mol. The Morgan fingerprint density at radius 2 is 1.47 bits per heavy atom. The van der Waals surface area contributed by atoms with E-state index < -0.39 is 46.5 Å². The maximum atomic E-state index is 14.9. The van der Waals surface area contributed by atoms with Crippen LogP contribution in [-0.4, -0.2) is 64.1 Å². The lowest BCUT2D eigenvalue weighted by Crippen LogP contribution is -2.69. The van der Waals surface area contributed by atoms with Gasteiger partial charge in [0.25, 0.3) is 0 Å². The van der Waals surface area contributed by atoms with Crippen molar-refractivity contribution in [1.82, 2.24) is 0 Å². The van der Waals surface area contributed by atoms with Gasteiger partial charge in [-0.25, -0.2) is 0 Å². The minimum atomic E-state index is -2.47. The van der Waals surface area contributed by atoms with Gasteiger partial charge in [-0.2, -0.15) is 0 Å². The first-order valence-corrected chi connectivity index (χ1v) is 21.9. The number of hydrogen-bond acceptors (Lipinski definition) is 6. The number of carbonyl (C=O) groups excluding carboxylic acids is 1. The molecule has 1 heterocycles. The zero-order valence-corrected chi connectivity index (χ0v) is 30.9. The number of ketones is 1. The summed E-state index contributed by atoms with van der Waals surface area (Å²) < 4.78 is 29.1. The van der Waals surface area contributed by atoms with Gasteiger partial charge < -0.3 is 23.4 Å². The van der Waals surface area contributed by atoms with E-state index in [0.29, 0.717) is 42.5 Å². The van der Waals surface area contributed by atoms with E-state index in [-0.39, 0.29) is 18.5 Å². The van der Waals surface area contributed by atoms with Crippen LogP contribution in [0.25, 0.3) is 0 Å². The lowest BCUT2D eigenvalue weighted by atomic mass is 9.70. The summed E-state index contributed by atoms with van der Waals surface area (Å²) in [6.45, 7) is 23.1. The molecule has 6 nitrogen and oxygen atoms in total. The molecule has 0 radical (unpaired) electrons. The maximum Gasteiger partial charge on any atom is 0.201 e. The fraction of sp³-hybridized carbons (Fsp3) is 0.800. The van der Waals surface area contributed by atoms with Crippen LogP contribution >= 0.6 is 0 Å². The molecule has 8 heteroatoms. The summed E-state index contributed by atoms with van der Waals surface area (Å²) >= 11 is 0. The molecular formula is C35H62O6Si2. The third-order valence-electron chi connectivity index (χ3n) is 10.8. The number of fused-ring (bicyclic) bond motifs is 2. The van der Waals surface area contributed by atoms with E-state index in [9.17, 15) is 9.90 Å². The monoisotopic (exact) mass is 634 g/mol. The first kappa shape index (κ1) is 36.6. The van der Waals surface area contributed by atoms with Crippen molar-refractivity contribution >= 4 is 22.4 Å². The van der Waals surface area contributed by atoms with E-state index >= 15 is 0 Å². The number of rotatable bonds is 18. The highest BCUT2D eigenvalue weighted by Gasteiger charge is 2.70. The highest BCUT2D eigenvalue weighted by Crippen LogP contribution is 2.54. The lowest BCUT2D eigenvalue weighted by molar-refractivity contribution is -0.190. The fourth-order valence-corrected chi connectivity index (χ4v) is 16.9. The van der Waals surface area contributed by atoms with Gasteiger partial charge in [0.15, 0.2) is 19.7 Å². The van der Waals surface area contributed by atoms with Crippen LogP contribution in [0.3, 0.4) is 0 Å². The summed E-state index contributed by atoms with van der Waals surface area (Å²) in [6, 6.07) is 13.2. The highest BCUT2D eigenvalue weighted by molar-refractivity contribution is 6.77. The summed E-state index contributed by atoms with van der Waals surface area (Å²) in [6.07, 6.45) is 0.853. The van der Waals surface area contributed by atoms with Crippen molar-refractivity contribution in [3.05, 3.63) is 35.9 Å². The number of aliphatic hydroxyl groups is 1. The van der Waals surface area contributed by atoms with Gasteiger partial charge in [0.2, 0.25) is 8.32 Å². The van der Waals surface area contributed by atoms with E-state index in [2.05, 4.69) is 81.4 Å². The van der Waals surface area contributed by atoms with E-state index in [0.717, 1.165) is 30.1 Å². The molecule has 246 valence electrons. The second-order valence-corrected chi connectivity index (χ2v) is 24.1. The zero-order valence-electron chi connectivity index (χ0n) is 28.9. The molecule has 0 unspecified atom stereocenters. The molecule has 1 aromatic carbocycles. The molecule has 1 aromatic rings. The summed E-state index contributed by atoms with van der Waals surface area (Å²) in [7, 11) is -4.63. The average Bonchev–Trinajstić information content (AvgIpc) is 3.20. The van der Waals surface area contributed by atoms with Crippen molar-refractivity contribution in [2.45, 2.75) is 166 Å². The zero-order chi connectivity index (χ0) is 32.0. The molecule has 0 amide bonds. The Morgan fingerprint density at radius 3 is 1.95 bits per heavy atom. The number of benzene rings is 1. The van der Waals surface area contributed by atoms with Crippen molar-refractivity contribution in [2.75, 3.05) is 6.61 Å². The van der Waals surface area contributed by atoms with E-state index in [4.69, 9.17) is 18.3 Å². The van der Waals surface area contributed by atoms with Crippen molar-refractivity contribution in [3.63, 3.8) is 0 Å². The Hall–Kier alpha value is -0.876. The lowest BCUT2D eigenvalue weighted by Gasteiger charge is -2.53. The number of Topliss-reactive ketones (excluding diaryl/α,β-unsaturated/α-hetero) is 1. The summed E-state index contributed by atoms with van der Waals surface area (Å²) in [5.74, 6) is -0.291. The normalized spacial score (nSPS) is 28.0. The van der Waals surface area contributed by atoms with Crippen LogP contribution in [0.1, 0.15) is 100 Å². The van der Waals surface area contributed by atoms with Crippen molar-refractivity contribution in [3.8, 4) is 0 Å². The molecule has 1 aliphatic heterocycles. The Balaban J connectivity index is 2.27. The van der Waals surface area contributed by atoms with E-state index in [1.165, 1.54) is 0 Å². The van der Waals surface area contributed by atoms with Crippen molar-refractivity contribution in [2.24, 2.45) is 5.92 Å². The van der Waals surface area contributed by atoms with Crippen LogP contribution in [0.15, 0.2) is 30.3 Å². The number of carbonyl (C=O) groups is 1. The molecule has 1 N–H and O–H groups in total. The second kappa shape index (κ2) is 15.6. The van der Waals surface area contributed by atoms with Crippen LogP contribution in [0.4, 0.5) is 0 Å². The van der Waals surface area contributed by atoms with E-state index in [1.54, 1.807) is 0 Å². The molecule has 1 aliphatic carbocycles. The smallest absolute Gasteiger partial charge is 0.201 e. The summed E-state index contributed by atoms with van der Waals surface area (Å²) in [5.41, 5.74) is 1.05. The van der Waals surface area contributed by atoms with Crippen LogP contribution < -0.4 is 0 Å². The Morgan fingerprint density at radius 1 is 0.884 bits per heavy atom. The molecule has 1 saturated heterocycles. The molecule has 0 spiro atoms. The van der Waals surface area contributed by atoms with Gasteiger partial charge in [-0.3, -0.25) is 4.79 Å². The van der Waals surface area contributed by atoms with Gasteiger partial charge in [0.1, 0.15) is 12.2 Å². The maximum absolute atomic E-state index is 14.9. The van der Waals surface area contributed by atoms with Gasteiger partial charge in [-0.05, 0) is 59.6 Å². The summed E-state index contributed by atoms with van der Waals surface area (Å²) in [5, 5.41) is 9.81. The SMILES string of the molecule is CCC[C@]12O[C@H](CCCO)[C@H](C1=O)[C@@H](O[Si](CC)(CC)CC)[C@H](OCc1ccccc1)[C@H]2O[Si](C(C)C)(C(C)C)C(C)C. The summed E-state index contributed by atoms with van der Waals surface area (Å²) in [4.78, 5) is 14.9. The second-order valence-electron chi connectivity index (χ2n) is 14.0. The number of hydrogen-bond donors (Lipinski definition) is 1. The molecule has 3 rings (SSSR count). The van der Waals surface area contributed by atoms with Gasteiger partial charge in [0.05, 0.1) is 24.7 Å². The highest BCUT2D eigenvalue weighted by atomic mass is 28.4. The topological polar surface area (TPSA) is 74.2 Å². The van der Waals surface area contributed by atoms with Gasteiger partial charge in [0, 0.05) is 6.61 Å². The largest absolute Gasteiger partial charge is 0.410 e. The molecule has 2 bridgehead atoms. The van der Waals surface area contributed by atoms with Crippen LogP contribution in [0, 0.1) is 5.92 Å². The Labute approximate surface area is 264 Å². The molecule has 2 aliphatic rings. The third kappa shape index (κ3) is 7.11. The molecule has 43 heavy (non-hydrogen) atoms. The van der Waals surface area contributed by atoms with E-state index in [1.807, 2.05) is 18.2 Å². The fourth-order valence-electron chi connectivity index (χ4n) is 8.46. The third-order valence-corrected chi connectivity index (χ3v) is 21.5.